The van der Waals surface area contributed by atoms with Crippen LogP contribution >= 0.6 is 0 Å². The summed E-state index contributed by atoms with van der Waals surface area (Å²) in [5.74, 6) is 1.12. The number of fused-ring (bicyclic) bond motifs is 1. The number of benzene rings is 3. The van der Waals surface area contributed by atoms with Crippen molar-refractivity contribution in [1.82, 2.24) is 0 Å². The smallest absolute Gasteiger partial charge is 0.343 e. The first-order valence-corrected chi connectivity index (χ1v) is 13.1. The molecule has 0 N–H and O–H groups in total. The van der Waals surface area contributed by atoms with Crippen molar-refractivity contribution in [3.05, 3.63) is 82.9 Å². The predicted molar refractivity (Wildman–Crippen MR) is 147 cm³/mol. The molecule has 0 heterocycles. The van der Waals surface area contributed by atoms with Crippen LogP contribution in [0, 0.1) is 0 Å². The van der Waals surface area contributed by atoms with Crippen molar-refractivity contribution >= 4 is 16.7 Å². The van der Waals surface area contributed by atoms with Gasteiger partial charge in [-0.25, -0.2) is 4.79 Å². The lowest BCUT2D eigenvalue weighted by atomic mass is 9.98. The summed E-state index contributed by atoms with van der Waals surface area (Å²) in [5.41, 5.74) is 4.01. The zero-order valence-corrected chi connectivity index (χ0v) is 22.0. The second kappa shape index (κ2) is 13.1. The van der Waals surface area contributed by atoms with Crippen molar-refractivity contribution in [2.75, 3.05) is 0 Å². The summed E-state index contributed by atoms with van der Waals surface area (Å²) in [6.45, 7) is 10.6. The Bertz CT molecular complexity index is 1160. The number of hydrogen-bond acceptors (Lipinski definition) is 3. The number of aryl methyl sites for hydroxylation is 1. The lowest BCUT2D eigenvalue weighted by molar-refractivity contribution is 0.0732. The molecular formula is C32H40O3. The summed E-state index contributed by atoms with van der Waals surface area (Å²) < 4.78 is 12.4. The molecule has 0 spiro atoms. The van der Waals surface area contributed by atoms with Gasteiger partial charge in [-0.2, -0.15) is 0 Å². The van der Waals surface area contributed by atoms with E-state index in [0.717, 1.165) is 59.8 Å². The first-order chi connectivity index (χ1) is 16.9. The van der Waals surface area contributed by atoms with Crippen molar-refractivity contribution in [3.8, 4) is 11.5 Å². The van der Waals surface area contributed by atoms with Gasteiger partial charge in [-0.05, 0) is 93.5 Å². The zero-order valence-electron chi connectivity index (χ0n) is 22.0. The molecule has 35 heavy (non-hydrogen) atoms. The molecule has 3 aromatic rings. The molecule has 3 heteroatoms. The van der Waals surface area contributed by atoms with Gasteiger partial charge < -0.3 is 9.47 Å². The minimum absolute atomic E-state index is 0.0379. The number of allylic oxidation sites excluding steroid dienone is 2. The highest BCUT2D eigenvalue weighted by atomic mass is 16.5. The van der Waals surface area contributed by atoms with Gasteiger partial charge in [-0.1, -0.05) is 68.7 Å². The highest BCUT2D eigenvalue weighted by molar-refractivity contribution is 5.96. The van der Waals surface area contributed by atoms with Gasteiger partial charge in [-0.3, -0.25) is 0 Å². The van der Waals surface area contributed by atoms with Gasteiger partial charge in [-0.15, -0.1) is 0 Å². The Morgan fingerprint density at radius 2 is 1.66 bits per heavy atom. The van der Waals surface area contributed by atoms with Gasteiger partial charge in [0.2, 0.25) is 0 Å². The van der Waals surface area contributed by atoms with Crippen LogP contribution in [0.5, 0.6) is 11.5 Å². The van der Waals surface area contributed by atoms with E-state index in [1.165, 1.54) is 18.4 Å². The maximum absolute atomic E-state index is 13.3. The van der Waals surface area contributed by atoms with E-state index < -0.39 is 0 Å². The number of esters is 1. The lowest BCUT2D eigenvalue weighted by Gasteiger charge is -2.20. The summed E-state index contributed by atoms with van der Waals surface area (Å²) >= 11 is 0. The molecule has 186 valence electrons. The van der Waals surface area contributed by atoms with Crippen LogP contribution in [0.4, 0.5) is 0 Å². The Kier molecular flexibility index (Phi) is 9.96. The number of carbonyl (C=O) groups is 1. The highest BCUT2D eigenvalue weighted by Crippen LogP contribution is 2.35. The fourth-order valence-electron chi connectivity index (χ4n) is 4.34. The SMILES string of the molecule is CC/C=C(/C)CCc1c(OC(=O)c2ccc3ccccc3c2)cc(CCCCC)cc1OC(C)C. The van der Waals surface area contributed by atoms with Crippen LogP contribution in [0.2, 0.25) is 0 Å². The van der Waals surface area contributed by atoms with E-state index in [9.17, 15) is 4.79 Å². The zero-order chi connectivity index (χ0) is 25.2. The molecule has 0 bridgehead atoms. The van der Waals surface area contributed by atoms with Crippen LogP contribution in [0.3, 0.4) is 0 Å². The van der Waals surface area contributed by atoms with Crippen LogP contribution in [0.1, 0.15) is 88.2 Å². The van der Waals surface area contributed by atoms with E-state index in [1.54, 1.807) is 0 Å². The monoisotopic (exact) mass is 472 g/mol. The lowest BCUT2D eigenvalue weighted by Crippen LogP contribution is -2.13. The first-order valence-electron chi connectivity index (χ1n) is 13.1. The van der Waals surface area contributed by atoms with Gasteiger partial charge >= 0.3 is 5.97 Å². The van der Waals surface area contributed by atoms with Crippen LogP contribution in [-0.4, -0.2) is 12.1 Å². The molecule has 3 aromatic carbocycles. The minimum Gasteiger partial charge on any atom is -0.491 e. The number of unbranched alkanes of at least 4 members (excludes halogenated alkanes) is 2. The van der Waals surface area contributed by atoms with E-state index in [2.05, 4.69) is 39.0 Å². The van der Waals surface area contributed by atoms with E-state index in [4.69, 9.17) is 9.47 Å². The van der Waals surface area contributed by atoms with Gasteiger partial charge in [0.15, 0.2) is 0 Å². The number of rotatable bonds is 12. The standard InChI is InChI=1S/C32H40O3/c1-6-8-9-13-25-20-30(34-23(3)4)29(19-16-24(5)12-7-2)31(21-25)35-32(33)28-18-17-26-14-10-11-15-27(26)22-28/h10-12,14-15,17-18,20-23H,6-9,13,16,19H2,1-5H3/b24-12-. The molecule has 0 atom stereocenters. The largest absolute Gasteiger partial charge is 0.491 e. The summed E-state index contributed by atoms with van der Waals surface area (Å²) in [7, 11) is 0. The van der Waals surface area contributed by atoms with E-state index in [1.807, 2.05) is 56.3 Å². The molecule has 0 saturated heterocycles. The Morgan fingerprint density at radius 1 is 0.914 bits per heavy atom. The third-order valence-electron chi connectivity index (χ3n) is 6.17. The Morgan fingerprint density at radius 3 is 2.37 bits per heavy atom. The second-order valence-electron chi connectivity index (χ2n) is 9.60. The van der Waals surface area contributed by atoms with E-state index >= 15 is 0 Å². The van der Waals surface area contributed by atoms with Crippen LogP contribution in [0.25, 0.3) is 10.8 Å². The van der Waals surface area contributed by atoms with Crippen LogP contribution in [-0.2, 0) is 12.8 Å². The molecule has 0 aliphatic rings. The molecule has 0 radical (unpaired) electrons. The number of carbonyl (C=O) groups excluding carboxylic acids is 1. The molecule has 3 rings (SSSR count). The summed E-state index contributed by atoms with van der Waals surface area (Å²) in [4.78, 5) is 13.3. The van der Waals surface area contributed by atoms with Crippen molar-refractivity contribution in [2.45, 2.75) is 85.7 Å². The molecule has 0 aliphatic carbocycles. The summed E-state index contributed by atoms with van der Waals surface area (Å²) in [5, 5.41) is 2.13. The predicted octanol–water partition coefficient (Wildman–Crippen LogP) is 8.87. The molecule has 0 aromatic heterocycles. The Balaban J connectivity index is 1.98. The first kappa shape index (κ1) is 26.5. The molecule has 0 amide bonds. The third kappa shape index (κ3) is 7.71. The molecule has 0 aliphatic heterocycles. The fraction of sp³-hybridized carbons (Fsp3) is 0.406. The Hall–Kier alpha value is -3.07. The van der Waals surface area contributed by atoms with Crippen LogP contribution in [0.15, 0.2) is 66.2 Å². The highest BCUT2D eigenvalue weighted by Gasteiger charge is 2.19. The quantitative estimate of drug-likeness (QED) is 0.114. The topological polar surface area (TPSA) is 35.5 Å². The number of ether oxygens (including phenoxy) is 2. The van der Waals surface area contributed by atoms with Crippen molar-refractivity contribution in [1.29, 1.82) is 0 Å². The maximum atomic E-state index is 13.3. The molecule has 0 fully saturated rings. The third-order valence-corrected chi connectivity index (χ3v) is 6.17. The van der Waals surface area contributed by atoms with Crippen molar-refractivity contribution in [3.63, 3.8) is 0 Å². The van der Waals surface area contributed by atoms with Crippen molar-refractivity contribution < 1.29 is 14.3 Å². The van der Waals surface area contributed by atoms with Crippen LogP contribution < -0.4 is 9.47 Å². The molecular weight excluding hydrogens is 432 g/mol. The van der Waals surface area contributed by atoms with Gasteiger partial charge in [0.25, 0.3) is 0 Å². The average molecular weight is 473 g/mol. The van der Waals surface area contributed by atoms with Gasteiger partial charge in [0.05, 0.1) is 11.7 Å². The van der Waals surface area contributed by atoms with Crippen molar-refractivity contribution in [2.24, 2.45) is 0 Å². The Labute approximate surface area is 211 Å². The van der Waals surface area contributed by atoms with E-state index in [0.29, 0.717) is 11.3 Å². The molecule has 0 saturated carbocycles. The molecule has 0 unspecified atom stereocenters. The second-order valence-corrected chi connectivity index (χ2v) is 9.60. The fourth-order valence-corrected chi connectivity index (χ4v) is 4.34. The summed E-state index contributed by atoms with van der Waals surface area (Å²) in [6.07, 6.45) is 9.36. The number of hydrogen-bond donors (Lipinski definition) is 0. The molecule has 3 nitrogen and oxygen atoms in total. The van der Waals surface area contributed by atoms with Gasteiger partial charge in [0, 0.05) is 5.56 Å². The maximum Gasteiger partial charge on any atom is 0.343 e. The average Bonchev–Trinajstić information content (AvgIpc) is 2.83. The normalized spacial score (nSPS) is 11.8. The van der Waals surface area contributed by atoms with Gasteiger partial charge in [0.1, 0.15) is 11.5 Å². The minimum atomic E-state index is -0.334. The van der Waals surface area contributed by atoms with E-state index in [-0.39, 0.29) is 12.1 Å². The summed E-state index contributed by atoms with van der Waals surface area (Å²) in [6, 6.07) is 18.0.